The van der Waals surface area contributed by atoms with Crippen molar-refractivity contribution in [2.24, 2.45) is 0 Å². The highest BCUT2D eigenvalue weighted by molar-refractivity contribution is 7.59. The lowest BCUT2D eigenvalue weighted by Crippen LogP contribution is -2.33. The summed E-state index contributed by atoms with van der Waals surface area (Å²) in [6.45, 7) is 2.16. The monoisotopic (exact) mass is 488 g/mol. The highest BCUT2D eigenvalue weighted by atomic mass is 32.1. The van der Waals surface area contributed by atoms with Gasteiger partial charge >= 0.3 is 0 Å². The minimum atomic E-state index is -0.377. The molecular formula is C24H29FN4O2S2. The maximum atomic E-state index is 15.0. The Morgan fingerprint density at radius 3 is 2.85 bits per heavy atom. The van der Waals surface area contributed by atoms with Crippen LogP contribution in [-0.2, 0) is 6.54 Å². The molecule has 1 aliphatic heterocycles. The van der Waals surface area contributed by atoms with Crippen molar-refractivity contribution in [1.29, 1.82) is 0 Å². The van der Waals surface area contributed by atoms with E-state index in [2.05, 4.69) is 10.3 Å². The van der Waals surface area contributed by atoms with E-state index in [0.717, 1.165) is 23.5 Å². The molecule has 9 heteroatoms. The fourth-order valence-corrected chi connectivity index (χ4v) is 4.60. The van der Waals surface area contributed by atoms with E-state index in [-0.39, 0.29) is 37.9 Å². The number of thiophene rings is 1. The number of carbonyl (C=O) groups is 1. The summed E-state index contributed by atoms with van der Waals surface area (Å²) < 4.78 is 21.1. The Hall–Kier alpha value is -2.62. The average Bonchev–Trinajstić information content (AvgIpc) is 3.31. The van der Waals surface area contributed by atoms with E-state index in [1.54, 1.807) is 40.8 Å². The number of hydrogen-bond donors (Lipinski definition) is 1. The summed E-state index contributed by atoms with van der Waals surface area (Å²) in [4.78, 5) is 22.0. The standard InChI is InChI=1S/C24H27FN4O2S.H2S/c1-26-9-8-22(23-4-3-13-32-23)31-18-6-5-17(20(25)14-18)16-29-12-11-28(2)21-7-10-27-15-19(21)24(29)30;/h3-7,10,13-15,22,26H,8-9,11-12,16H2,1-2H3;1H2/t22-;/m0./s1. The molecule has 6 nitrogen and oxygen atoms in total. The molecule has 2 aromatic heterocycles. The first kappa shape index (κ1) is 25.0. The van der Waals surface area contributed by atoms with Crippen LogP contribution >= 0.6 is 24.8 Å². The molecule has 3 heterocycles. The van der Waals surface area contributed by atoms with Crippen LogP contribution in [0.25, 0.3) is 0 Å². The van der Waals surface area contributed by atoms with Gasteiger partial charge in [-0.25, -0.2) is 4.39 Å². The van der Waals surface area contributed by atoms with Crippen LogP contribution in [0.5, 0.6) is 5.75 Å². The predicted octanol–water partition coefficient (Wildman–Crippen LogP) is 4.22. The van der Waals surface area contributed by atoms with E-state index >= 15 is 4.39 Å². The quantitative estimate of drug-likeness (QED) is 0.515. The van der Waals surface area contributed by atoms with E-state index in [9.17, 15) is 4.79 Å². The van der Waals surface area contributed by atoms with E-state index in [4.69, 9.17) is 4.74 Å². The van der Waals surface area contributed by atoms with Gasteiger partial charge in [0.2, 0.25) is 0 Å². The fraction of sp³-hybridized carbons (Fsp3) is 0.333. The Morgan fingerprint density at radius 1 is 1.27 bits per heavy atom. The highest BCUT2D eigenvalue weighted by Crippen LogP contribution is 2.30. The smallest absolute Gasteiger partial charge is 0.257 e. The molecular weight excluding hydrogens is 459 g/mol. The molecule has 0 saturated heterocycles. The Bertz CT molecular complexity index is 1060. The number of halogens is 1. The Balaban J connectivity index is 0.00000306. The van der Waals surface area contributed by atoms with E-state index in [1.165, 1.54) is 6.07 Å². The molecule has 3 aromatic rings. The molecule has 0 unspecified atom stereocenters. The number of anilines is 1. The molecule has 0 saturated carbocycles. The normalized spacial score (nSPS) is 14.3. The van der Waals surface area contributed by atoms with Crippen molar-refractivity contribution in [3.8, 4) is 5.75 Å². The number of hydrogen-bond acceptors (Lipinski definition) is 6. The second-order valence-electron chi connectivity index (χ2n) is 7.81. The van der Waals surface area contributed by atoms with Crippen molar-refractivity contribution in [2.45, 2.75) is 19.1 Å². The van der Waals surface area contributed by atoms with Gasteiger partial charge in [0.15, 0.2) is 0 Å². The maximum absolute atomic E-state index is 15.0. The predicted molar refractivity (Wildman–Crippen MR) is 135 cm³/mol. The average molecular weight is 489 g/mol. The number of ether oxygens (including phenoxy) is 1. The third kappa shape index (κ3) is 5.85. The highest BCUT2D eigenvalue weighted by Gasteiger charge is 2.26. The number of pyridine rings is 1. The Morgan fingerprint density at radius 2 is 2.12 bits per heavy atom. The van der Waals surface area contributed by atoms with Gasteiger partial charge in [-0.15, -0.1) is 11.3 Å². The summed E-state index contributed by atoms with van der Waals surface area (Å²) in [6.07, 6.45) is 3.90. The molecule has 1 N–H and O–H groups in total. The van der Waals surface area contributed by atoms with Crippen molar-refractivity contribution in [3.05, 3.63) is 76.0 Å². The van der Waals surface area contributed by atoms with Crippen LogP contribution in [0.3, 0.4) is 0 Å². The number of benzene rings is 1. The maximum Gasteiger partial charge on any atom is 0.257 e. The molecule has 4 rings (SSSR count). The zero-order valence-corrected chi connectivity index (χ0v) is 20.6. The Kier molecular flexibility index (Phi) is 8.71. The van der Waals surface area contributed by atoms with Crippen LogP contribution in [0.2, 0.25) is 0 Å². The van der Waals surface area contributed by atoms with Gasteiger partial charge in [-0.3, -0.25) is 9.78 Å². The molecule has 0 spiro atoms. The number of rotatable bonds is 8. The SMILES string of the molecule is CNCC[C@H](Oc1ccc(CN2CCN(C)c3ccncc3C2=O)c(F)c1)c1cccs1.S. The first-order valence-corrected chi connectivity index (χ1v) is 11.5. The lowest BCUT2D eigenvalue weighted by Gasteiger charge is -2.22. The second kappa shape index (κ2) is 11.5. The summed E-state index contributed by atoms with van der Waals surface area (Å²) in [5.41, 5.74) is 1.85. The van der Waals surface area contributed by atoms with Crippen molar-refractivity contribution < 1.29 is 13.9 Å². The van der Waals surface area contributed by atoms with Gasteiger partial charge in [0, 0.05) is 62.0 Å². The fourth-order valence-electron chi connectivity index (χ4n) is 3.81. The molecule has 1 aromatic carbocycles. The molecule has 0 aliphatic carbocycles. The minimum Gasteiger partial charge on any atom is -0.485 e. The number of nitrogens with one attached hydrogen (secondary N) is 1. The lowest BCUT2D eigenvalue weighted by atomic mass is 10.1. The van der Waals surface area contributed by atoms with Gasteiger partial charge in [0.25, 0.3) is 5.91 Å². The first-order chi connectivity index (χ1) is 15.6. The van der Waals surface area contributed by atoms with Gasteiger partial charge in [0.05, 0.1) is 11.3 Å². The second-order valence-corrected chi connectivity index (χ2v) is 8.79. The van der Waals surface area contributed by atoms with Gasteiger partial charge in [0.1, 0.15) is 17.7 Å². The largest absolute Gasteiger partial charge is 0.485 e. The summed E-state index contributed by atoms with van der Waals surface area (Å²) >= 11 is 1.63. The number of aromatic nitrogens is 1. The minimum absolute atomic E-state index is 0. The molecule has 1 atom stereocenters. The van der Waals surface area contributed by atoms with Gasteiger partial charge in [-0.1, -0.05) is 12.1 Å². The van der Waals surface area contributed by atoms with Crippen molar-refractivity contribution in [3.63, 3.8) is 0 Å². The van der Waals surface area contributed by atoms with Gasteiger partial charge < -0.3 is 19.9 Å². The number of amides is 1. The lowest BCUT2D eigenvalue weighted by molar-refractivity contribution is 0.0753. The molecule has 0 radical (unpaired) electrons. The summed E-state index contributed by atoms with van der Waals surface area (Å²) in [5, 5.41) is 5.15. The third-order valence-corrected chi connectivity index (χ3v) is 6.58. The van der Waals surface area contributed by atoms with Crippen molar-refractivity contribution in [1.82, 2.24) is 15.2 Å². The topological polar surface area (TPSA) is 57.7 Å². The summed E-state index contributed by atoms with van der Waals surface area (Å²) in [6, 6.07) is 10.8. The molecule has 1 aliphatic rings. The zero-order chi connectivity index (χ0) is 22.5. The molecule has 1 amide bonds. The summed E-state index contributed by atoms with van der Waals surface area (Å²) in [7, 11) is 3.84. The molecule has 0 fully saturated rings. The summed E-state index contributed by atoms with van der Waals surface area (Å²) in [5.74, 6) is -0.0305. The number of carbonyl (C=O) groups excluding carboxylic acids is 1. The first-order valence-electron chi connectivity index (χ1n) is 10.6. The van der Waals surface area contributed by atoms with Crippen LogP contribution in [0.1, 0.15) is 33.3 Å². The zero-order valence-electron chi connectivity index (χ0n) is 18.8. The van der Waals surface area contributed by atoms with E-state index < -0.39 is 0 Å². The van der Waals surface area contributed by atoms with Crippen molar-refractivity contribution >= 4 is 36.4 Å². The van der Waals surface area contributed by atoms with Crippen LogP contribution in [0.15, 0.2) is 54.2 Å². The van der Waals surface area contributed by atoms with Gasteiger partial charge in [-0.05, 0) is 37.2 Å². The van der Waals surface area contributed by atoms with Crippen LogP contribution < -0.4 is 15.0 Å². The number of likely N-dealkylation sites (N-methyl/N-ethyl adjacent to an activating group) is 1. The van der Waals surface area contributed by atoms with Crippen molar-refractivity contribution in [2.75, 3.05) is 38.6 Å². The third-order valence-electron chi connectivity index (χ3n) is 5.61. The van der Waals surface area contributed by atoms with Crippen LogP contribution in [-0.4, -0.2) is 49.5 Å². The molecule has 176 valence electrons. The van der Waals surface area contributed by atoms with Crippen LogP contribution in [0, 0.1) is 5.82 Å². The van der Waals surface area contributed by atoms with E-state index in [1.807, 2.05) is 42.6 Å². The number of nitrogens with zero attached hydrogens (tertiary/aromatic N) is 3. The van der Waals surface area contributed by atoms with Gasteiger partial charge in [-0.2, -0.15) is 13.5 Å². The Labute approximate surface area is 204 Å². The molecule has 0 bridgehead atoms. The van der Waals surface area contributed by atoms with Crippen LogP contribution in [0.4, 0.5) is 10.1 Å². The van der Waals surface area contributed by atoms with E-state index in [0.29, 0.717) is 30.0 Å². The number of fused-ring (bicyclic) bond motifs is 1. The molecule has 33 heavy (non-hydrogen) atoms.